The highest BCUT2D eigenvalue weighted by Crippen LogP contribution is 2.29. The van der Waals surface area contributed by atoms with Crippen molar-refractivity contribution in [3.8, 4) is 17.1 Å². The molecule has 2 amide bonds. The van der Waals surface area contributed by atoms with Crippen molar-refractivity contribution in [3.63, 3.8) is 0 Å². The van der Waals surface area contributed by atoms with Crippen LogP contribution in [0, 0.1) is 5.92 Å². The molecule has 1 aliphatic rings. The van der Waals surface area contributed by atoms with Gasteiger partial charge in [-0.3, -0.25) is 19.7 Å². The number of benzene rings is 1. The number of pyridine rings is 1. The number of carbonyl (C=O) groups is 2. The molecule has 1 atom stereocenters. The lowest BCUT2D eigenvalue weighted by molar-refractivity contribution is -0.121. The Kier molecular flexibility index (Phi) is 6.18. The van der Waals surface area contributed by atoms with Crippen molar-refractivity contribution in [3.05, 3.63) is 59.4 Å². The van der Waals surface area contributed by atoms with Gasteiger partial charge in [0.2, 0.25) is 5.91 Å². The number of hydrogen-bond acceptors (Lipinski definition) is 5. The molecule has 3 aromatic rings. The lowest BCUT2D eigenvalue weighted by atomic mass is 9.96. The van der Waals surface area contributed by atoms with E-state index >= 15 is 0 Å². The van der Waals surface area contributed by atoms with Crippen LogP contribution in [0.3, 0.4) is 0 Å². The number of rotatable bonds is 5. The van der Waals surface area contributed by atoms with E-state index in [4.69, 9.17) is 16.3 Å². The number of anilines is 1. The Morgan fingerprint density at radius 3 is 2.87 bits per heavy atom. The highest BCUT2D eigenvalue weighted by molar-refractivity contribution is 6.31. The van der Waals surface area contributed by atoms with Gasteiger partial charge in [0.1, 0.15) is 17.1 Å². The van der Waals surface area contributed by atoms with Gasteiger partial charge in [0, 0.05) is 24.3 Å². The Balaban J connectivity index is 1.44. The molecule has 1 aromatic carbocycles. The lowest BCUT2D eigenvalue weighted by Gasteiger charge is -2.31. The van der Waals surface area contributed by atoms with Gasteiger partial charge >= 0.3 is 0 Å². The normalized spacial score (nSPS) is 16.1. The largest absolute Gasteiger partial charge is 0.495 e. The van der Waals surface area contributed by atoms with Crippen molar-refractivity contribution in [2.45, 2.75) is 12.8 Å². The maximum atomic E-state index is 13.0. The number of hydrogen-bond donors (Lipinski definition) is 2. The van der Waals surface area contributed by atoms with Crippen LogP contribution in [0.1, 0.15) is 23.3 Å². The first-order valence-corrected chi connectivity index (χ1v) is 10.3. The molecular weight excluding hydrogens is 418 g/mol. The Morgan fingerprint density at radius 1 is 1.23 bits per heavy atom. The Bertz CT molecular complexity index is 1090. The quantitative estimate of drug-likeness (QED) is 0.632. The summed E-state index contributed by atoms with van der Waals surface area (Å²) in [6.07, 6.45) is 3.10. The number of aromatic amines is 1. The summed E-state index contributed by atoms with van der Waals surface area (Å²) in [5.41, 5.74) is 2.17. The minimum atomic E-state index is -0.334. The fraction of sp³-hybridized carbons (Fsp3) is 0.273. The highest BCUT2D eigenvalue weighted by atomic mass is 35.5. The summed E-state index contributed by atoms with van der Waals surface area (Å²) >= 11 is 6.05. The zero-order valence-electron chi connectivity index (χ0n) is 17.0. The molecule has 0 saturated carbocycles. The molecule has 0 spiro atoms. The van der Waals surface area contributed by atoms with Crippen LogP contribution in [-0.4, -0.2) is 52.1 Å². The summed E-state index contributed by atoms with van der Waals surface area (Å²) in [5.74, 6) is -0.162. The Hall–Kier alpha value is -3.39. The van der Waals surface area contributed by atoms with Crippen molar-refractivity contribution in [1.82, 2.24) is 20.1 Å². The van der Waals surface area contributed by atoms with Gasteiger partial charge in [-0.15, -0.1) is 0 Å². The second-order valence-electron chi connectivity index (χ2n) is 7.31. The number of carbonyl (C=O) groups excluding carboxylic acids is 2. The molecule has 0 radical (unpaired) electrons. The predicted octanol–water partition coefficient (Wildman–Crippen LogP) is 3.62. The van der Waals surface area contributed by atoms with Gasteiger partial charge in [0.05, 0.1) is 24.4 Å². The number of ether oxygens (including phenoxy) is 1. The molecule has 4 rings (SSSR count). The van der Waals surface area contributed by atoms with Crippen molar-refractivity contribution in [2.24, 2.45) is 5.92 Å². The van der Waals surface area contributed by atoms with E-state index in [9.17, 15) is 9.59 Å². The molecule has 1 saturated heterocycles. The molecular formula is C22H22ClN5O3. The SMILES string of the molecule is COc1ccc(Cl)cc1NC(=O)C1CCCN(C(=O)c2cc(-c3ccccn3)n[nH]2)C1. The topological polar surface area (TPSA) is 100 Å². The minimum absolute atomic E-state index is 0.170. The number of H-pyrrole nitrogens is 1. The van der Waals surface area contributed by atoms with Crippen LogP contribution in [-0.2, 0) is 4.79 Å². The van der Waals surface area contributed by atoms with Gasteiger partial charge in [0.25, 0.3) is 5.91 Å². The Labute approximate surface area is 184 Å². The van der Waals surface area contributed by atoms with Gasteiger partial charge in [0.15, 0.2) is 0 Å². The molecule has 2 N–H and O–H groups in total. The van der Waals surface area contributed by atoms with E-state index < -0.39 is 0 Å². The van der Waals surface area contributed by atoms with E-state index in [0.29, 0.717) is 53.1 Å². The van der Waals surface area contributed by atoms with Crippen LogP contribution in [0.5, 0.6) is 5.75 Å². The zero-order chi connectivity index (χ0) is 21.8. The first-order valence-electron chi connectivity index (χ1n) is 9.95. The molecule has 160 valence electrons. The average molecular weight is 440 g/mol. The van der Waals surface area contributed by atoms with E-state index in [0.717, 1.165) is 6.42 Å². The van der Waals surface area contributed by atoms with E-state index in [1.807, 2.05) is 18.2 Å². The van der Waals surface area contributed by atoms with Crippen molar-refractivity contribution < 1.29 is 14.3 Å². The average Bonchev–Trinajstić information content (AvgIpc) is 3.30. The molecule has 2 aromatic heterocycles. The zero-order valence-corrected chi connectivity index (χ0v) is 17.7. The van der Waals surface area contributed by atoms with Gasteiger partial charge in [-0.05, 0) is 49.2 Å². The second-order valence-corrected chi connectivity index (χ2v) is 7.74. The standard InChI is InChI=1S/C22H22ClN5O3/c1-31-20-8-7-15(23)11-18(20)25-21(29)14-5-4-10-28(13-14)22(30)19-12-17(26-27-19)16-6-2-3-9-24-16/h2-3,6-9,11-12,14H,4-5,10,13H2,1H3,(H,25,29)(H,26,27). The second kappa shape index (κ2) is 9.18. The number of amides is 2. The maximum Gasteiger partial charge on any atom is 0.271 e. The molecule has 0 aliphatic carbocycles. The third kappa shape index (κ3) is 4.69. The number of halogens is 1. The summed E-state index contributed by atoms with van der Waals surface area (Å²) in [7, 11) is 1.53. The van der Waals surface area contributed by atoms with Crippen LogP contribution < -0.4 is 10.1 Å². The van der Waals surface area contributed by atoms with Crippen LogP contribution in [0.2, 0.25) is 5.02 Å². The number of piperidine rings is 1. The van der Waals surface area contributed by atoms with Crippen molar-refractivity contribution in [2.75, 3.05) is 25.5 Å². The third-order valence-corrected chi connectivity index (χ3v) is 5.47. The van der Waals surface area contributed by atoms with Crippen molar-refractivity contribution in [1.29, 1.82) is 0 Å². The highest BCUT2D eigenvalue weighted by Gasteiger charge is 2.30. The number of nitrogens with zero attached hydrogens (tertiary/aromatic N) is 3. The molecule has 31 heavy (non-hydrogen) atoms. The van der Waals surface area contributed by atoms with E-state index in [1.165, 1.54) is 7.11 Å². The Morgan fingerprint density at radius 2 is 2.10 bits per heavy atom. The van der Waals surface area contributed by atoms with E-state index in [2.05, 4.69) is 20.5 Å². The number of nitrogens with one attached hydrogen (secondary N) is 2. The maximum absolute atomic E-state index is 13.0. The van der Waals surface area contributed by atoms with Crippen LogP contribution in [0.4, 0.5) is 5.69 Å². The first kappa shape index (κ1) is 20.9. The molecule has 1 fully saturated rings. The lowest BCUT2D eigenvalue weighted by Crippen LogP contribution is -2.43. The van der Waals surface area contributed by atoms with Gasteiger partial charge in [-0.2, -0.15) is 5.10 Å². The van der Waals surface area contributed by atoms with Gasteiger partial charge in [-0.1, -0.05) is 17.7 Å². The van der Waals surface area contributed by atoms with E-state index in [-0.39, 0.29) is 17.7 Å². The van der Waals surface area contributed by atoms with Gasteiger partial charge in [-0.25, -0.2) is 0 Å². The molecule has 1 unspecified atom stereocenters. The monoisotopic (exact) mass is 439 g/mol. The van der Waals surface area contributed by atoms with Crippen LogP contribution in [0.15, 0.2) is 48.7 Å². The van der Waals surface area contributed by atoms with E-state index in [1.54, 1.807) is 35.4 Å². The minimum Gasteiger partial charge on any atom is -0.495 e. The molecule has 1 aliphatic heterocycles. The molecule has 3 heterocycles. The fourth-order valence-corrected chi connectivity index (χ4v) is 3.81. The summed E-state index contributed by atoms with van der Waals surface area (Å²) in [4.78, 5) is 31.8. The number of aromatic nitrogens is 3. The first-order chi connectivity index (χ1) is 15.0. The summed E-state index contributed by atoms with van der Waals surface area (Å²) < 4.78 is 5.29. The summed E-state index contributed by atoms with van der Waals surface area (Å²) in [5, 5.41) is 10.4. The summed E-state index contributed by atoms with van der Waals surface area (Å²) in [6, 6.07) is 12.2. The number of likely N-dealkylation sites (tertiary alicyclic amines) is 1. The van der Waals surface area contributed by atoms with Crippen LogP contribution >= 0.6 is 11.6 Å². The third-order valence-electron chi connectivity index (χ3n) is 5.23. The summed E-state index contributed by atoms with van der Waals surface area (Å²) in [6.45, 7) is 0.909. The van der Waals surface area contributed by atoms with Gasteiger partial charge < -0.3 is 15.0 Å². The molecule has 9 heteroatoms. The smallest absolute Gasteiger partial charge is 0.271 e. The molecule has 8 nitrogen and oxygen atoms in total. The molecule has 0 bridgehead atoms. The fourth-order valence-electron chi connectivity index (χ4n) is 3.64. The van der Waals surface area contributed by atoms with Crippen LogP contribution in [0.25, 0.3) is 11.4 Å². The predicted molar refractivity (Wildman–Crippen MR) is 117 cm³/mol. The number of methoxy groups -OCH3 is 1. The van der Waals surface area contributed by atoms with Crippen molar-refractivity contribution >= 4 is 29.1 Å².